The van der Waals surface area contributed by atoms with Crippen molar-refractivity contribution in [1.82, 2.24) is 25.4 Å². The lowest BCUT2D eigenvalue weighted by Crippen LogP contribution is -2.39. The third kappa shape index (κ3) is 6.02. The molecule has 7 heteroatoms. The highest BCUT2D eigenvalue weighted by Crippen LogP contribution is 2.13. The summed E-state index contributed by atoms with van der Waals surface area (Å²) in [6.07, 6.45) is 8.92. The van der Waals surface area contributed by atoms with Gasteiger partial charge >= 0.3 is 0 Å². The average molecular weight is 334 g/mol. The second-order valence-electron chi connectivity index (χ2n) is 5.38. The minimum Gasteiger partial charge on any atom is -0.356 e. The standard InChI is InChI=1S/C16H26N6S/c1-4-14-11-20-15(23-14)6-8-19-16(17-3)18-7-5-9-22-12-13(2)10-21-22/h10-12H,4-9H2,1-3H3,(H2,17,18,19). The lowest BCUT2D eigenvalue weighted by molar-refractivity contribution is 0.570. The molecular formula is C16H26N6S. The average Bonchev–Trinajstić information content (AvgIpc) is 3.18. The van der Waals surface area contributed by atoms with Gasteiger partial charge in [-0.3, -0.25) is 9.67 Å². The molecule has 0 aliphatic heterocycles. The van der Waals surface area contributed by atoms with Gasteiger partial charge in [0.25, 0.3) is 0 Å². The summed E-state index contributed by atoms with van der Waals surface area (Å²) >= 11 is 1.79. The summed E-state index contributed by atoms with van der Waals surface area (Å²) in [5.41, 5.74) is 1.20. The number of nitrogens with zero attached hydrogens (tertiary/aromatic N) is 4. The maximum absolute atomic E-state index is 4.43. The van der Waals surface area contributed by atoms with Crippen molar-refractivity contribution >= 4 is 17.3 Å². The quantitative estimate of drug-likeness (QED) is 0.440. The molecular weight excluding hydrogens is 308 g/mol. The molecule has 0 aromatic carbocycles. The van der Waals surface area contributed by atoms with E-state index < -0.39 is 0 Å². The summed E-state index contributed by atoms with van der Waals surface area (Å²) in [7, 11) is 1.80. The molecule has 0 fully saturated rings. The number of rotatable bonds is 8. The van der Waals surface area contributed by atoms with Crippen LogP contribution in [0.5, 0.6) is 0 Å². The van der Waals surface area contributed by atoms with E-state index in [0.29, 0.717) is 0 Å². The topological polar surface area (TPSA) is 67.1 Å². The Hall–Kier alpha value is -1.89. The highest BCUT2D eigenvalue weighted by atomic mass is 32.1. The number of hydrogen-bond donors (Lipinski definition) is 2. The Morgan fingerprint density at radius 1 is 1.30 bits per heavy atom. The molecule has 2 aromatic heterocycles. The predicted molar refractivity (Wildman–Crippen MR) is 96.1 cm³/mol. The first-order valence-corrected chi connectivity index (χ1v) is 8.90. The van der Waals surface area contributed by atoms with Crippen molar-refractivity contribution in [1.29, 1.82) is 0 Å². The van der Waals surface area contributed by atoms with E-state index in [1.165, 1.54) is 15.4 Å². The molecule has 0 saturated carbocycles. The van der Waals surface area contributed by atoms with Crippen LogP contribution in [0, 0.1) is 6.92 Å². The van der Waals surface area contributed by atoms with E-state index in [-0.39, 0.29) is 0 Å². The number of hydrogen-bond acceptors (Lipinski definition) is 4. The van der Waals surface area contributed by atoms with Crippen molar-refractivity contribution < 1.29 is 0 Å². The van der Waals surface area contributed by atoms with Crippen molar-refractivity contribution in [2.24, 2.45) is 4.99 Å². The summed E-state index contributed by atoms with van der Waals surface area (Å²) in [6, 6.07) is 0. The molecule has 2 rings (SSSR count). The van der Waals surface area contributed by atoms with Crippen molar-refractivity contribution in [3.8, 4) is 0 Å². The van der Waals surface area contributed by atoms with Crippen molar-refractivity contribution in [2.75, 3.05) is 20.1 Å². The Morgan fingerprint density at radius 2 is 2.13 bits per heavy atom. The number of thiazole rings is 1. The first-order chi connectivity index (χ1) is 11.2. The summed E-state index contributed by atoms with van der Waals surface area (Å²) < 4.78 is 1.97. The van der Waals surface area contributed by atoms with E-state index in [4.69, 9.17) is 0 Å². The molecule has 0 atom stereocenters. The van der Waals surface area contributed by atoms with Crippen LogP contribution in [0.4, 0.5) is 0 Å². The van der Waals surface area contributed by atoms with Gasteiger partial charge in [0, 0.05) is 50.4 Å². The Labute approximate surface area is 142 Å². The Kier molecular flexibility index (Phi) is 7.06. The smallest absolute Gasteiger partial charge is 0.190 e. The predicted octanol–water partition coefficient (Wildman–Crippen LogP) is 2.01. The first-order valence-electron chi connectivity index (χ1n) is 8.08. The van der Waals surface area contributed by atoms with Gasteiger partial charge in [0.15, 0.2) is 5.96 Å². The van der Waals surface area contributed by atoms with Gasteiger partial charge in [-0.15, -0.1) is 11.3 Å². The van der Waals surface area contributed by atoms with Crippen LogP contribution < -0.4 is 10.6 Å². The Balaban J connectivity index is 1.61. The summed E-state index contributed by atoms with van der Waals surface area (Å²) in [4.78, 5) is 10.0. The van der Waals surface area contributed by atoms with E-state index in [9.17, 15) is 0 Å². The number of aromatic nitrogens is 3. The monoisotopic (exact) mass is 334 g/mol. The van der Waals surface area contributed by atoms with Crippen LogP contribution in [-0.4, -0.2) is 40.9 Å². The third-order valence-electron chi connectivity index (χ3n) is 3.42. The van der Waals surface area contributed by atoms with Gasteiger partial charge in [0.2, 0.25) is 0 Å². The van der Waals surface area contributed by atoms with Crippen LogP contribution in [0.1, 0.15) is 28.8 Å². The van der Waals surface area contributed by atoms with Crippen LogP contribution in [0.2, 0.25) is 0 Å². The Bertz CT molecular complexity index is 616. The van der Waals surface area contributed by atoms with Crippen LogP contribution in [-0.2, 0) is 19.4 Å². The molecule has 2 N–H and O–H groups in total. The number of aliphatic imine (C=N–C) groups is 1. The Morgan fingerprint density at radius 3 is 2.78 bits per heavy atom. The van der Waals surface area contributed by atoms with Crippen LogP contribution in [0.25, 0.3) is 0 Å². The second kappa shape index (κ2) is 9.29. The molecule has 0 spiro atoms. The maximum atomic E-state index is 4.43. The fourth-order valence-electron chi connectivity index (χ4n) is 2.17. The van der Waals surface area contributed by atoms with Gasteiger partial charge in [-0.05, 0) is 25.3 Å². The van der Waals surface area contributed by atoms with Crippen LogP contribution in [0.3, 0.4) is 0 Å². The van der Waals surface area contributed by atoms with Gasteiger partial charge in [-0.1, -0.05) is 6.92 Å². The van der Waals surface area contributed by atoms with E-state index in [2.05, 4.69) is 45.8 Å². The molecule has 0 aliphatic carbocycles. The first kappa shape index (κ1) is 17.5. The van der Waals surface area contributed by atoms with E-state index in [1.54, 1.807) is 18.4 Å². The molecule has 0 unspecified atom stereocenters. The molecule has 2 aromatic rings. The molecule has 23 heavy (non-hydrogen) atoms. The zero-order valence-corrected chi connectivity index (χ0v) is 15.0. The fraction of sp³-hybridized carbons (Fsp3) is 0.562. The van der Waals surface area contributed by atoms with Gasteiger partial charge in [-0.2, -0.15) is 5.10 Å². The number of aryl methyl sites for hydroxylation is 3. The number of nitrogens with one attached hydrogen (secondary N) is 2. The third-order valence-corrected chi connectivity index (χ3v) is 4.63. The van der Waals surface area contributed by atoms with Gasteiger partial charge in [0.1, 0.15) is 0 Å². The summed E-state index contributed by atoms with van der Waals surface area (Å²) in [5, 5.41) is 12.1. The van der Waals surface area contributed by atoms with Gasteiger partial charge in [-0.25, -0.2) is 4.98 Å². The molecule has 0 aliphatic rings. The molecule has 0 radical (unpaired) electrons. The van der Waals surface area contributed by atoms with Crippen molar-refractivity contribution in [2.45, 2.75) is 39.7 Å². The number of guanidine groups is 1. The normalized spacial score (nSPS) is 11.7. The minimum absolute atomic E-state index is 0.842. The highest BCUT2D eigenvalue weighted by molar-refractivity contribution is 7.11. The second-order valence-corrected chi connectivity index (χ2v) is 6.58. The largest absolute Gasteiger partial charge is 0.356 e. The van der Waals surface area contributed by atoms with Crippen LogP contribution in [0.15, 0.2) is 23.6 Å². The highest BCUT2D eigenvalue weighted by Gasteiger charge is 2.02. The van der Waals surface area contributed by atoms with E-state index >= 15 is 0 Å². The lowest BCUT2D eigenvalue weighted by atomic mass is 10.4. The van der Waals surface area contributed by atoms with Gasteiger partial charge < -0.3 is 10.6 Å². The van der Waals surface area contributed by atoms with E-state index in [0.717, 1.165) is 44.9 Å². The molecule has 2 heterocycles. The summed E-state index contributed by atoms with van der Waals surface area (Å²) in [6.45, 7) is 6.84. The SMILES string of the molecule is CCc1cnc(CCNC(=NC)NCCCn2cc(C)cn2)s1. The van der Waals surface area contributed by atoms with Crippen molar-refractivity contribution in [3.63, 3.8) is 0 Å². The molecule has 0 saturated heterocycles. The fourth-order valence-corrected chi connectivity index (χ4v) is 3.03. The van der Waals surface area contributed by atoms with Crippen LogP contribution >= 0.6 is 11.3 Å². The molecule has 0 amide bonds. The minimum atomic E-state index is 0.842. The zero-order valence-electron chi connectivity index (χ0n) is 14.2. The molecule has 6 nitrogen and oxygen atoms in total. The van der Waals surface area contributed by atoms with Crippen molar-refractivity contribution in [3.05, 3.63) is 34.0 Å². The van der Waals surface area contributed by atoms with E-state index in [1.807, 2.05) is 17.1 Å². The summed E-state index contributed by atoms with van der Waals surface area (Å²) in [5.74, 6) is 0.842. The molecule has 0 bridgehead atoms. The van der Waals surface area contributed by atoms with Gasteiger partial charge in [0.05, 0.1) is 11.2 Å². The lowest BCUT2D eigenvalue weighted by Gasteiger charge is -2.11. The maximum Gasteiger partial charge on any atom is 0.190 e. The molecule has 126 valence electrons. The zero-order chi connectivity index (χ0) is 16.5.